The largest absolute Gasteiger partial charge is 0.348 e. The van der Waals surface area contributed by atoms with E-state index in [4.69, 9.17) is 0 Å². The standard InChI is InChI=1S/C22H19N3O3S/c1-16-3-2-4-20(13-16)29(27,28)19-8-6-18(7-9-19)22(26)24-14-17-5-10-21-23-11-12-25(21)15-17/h2-13,15H,14H2,1H3,(H,24,26). The Bertz CT molecular complexity index is 1290. The second-order valence-corrected chi connectivity index (χ2v) is 8.71. The first-order chi connectivity index (χ1) is 13.9. The number of benzene rings is 2. The quantitative estimate of drug-likeness (QED) is 0.552. The Kier molecular flexibility index (Phi) is 4.90. The maximum absolute atomic E-state index is 12.8. The lowest BCUT2D eigenvalue weighted by Gasteiger charge is -2.08. The number of aryl methyl sites for hydroxylation is 1. The van der Waals surface area contributed by atoms with Gasteiger partial charge in [-0.1, -0.05) is 18.2 Å². The Labute approximate surface area is 168 Å². The molecule has 0 atom stereocenters. The highest BCUT2D eigenvalue weighted by Crippen LogP contribution is 2.22. The molecular weight excluding hydrogens is 386 g/mol. The van der Waals surface area contributed by atoms with Gasteiger partial charge in [-0.15, -0.1) is 0 Å². The van der Waals surface area contributed by atoms with Crippen LogP contribution in [0.4, 0.5) is 0 Å². The number of nitrogens with one attached hydrogen (secondary N) is 1. The highest BCUT2D eigenvalue weighted by Gasteiger charge is 2.18. The number of imidazole rings is 1. The van der Waals surface area contributed by atoms with E-state index in [1.807, 2.05) is 41.9 Å². The van der Waals surface area contributed by atoms with Crippen LogP contribution in [0.2, 0.25) is 0 Å². The van der Waals surface area contributed by atoms with E-state index in [0.29, 0.717) is 12.1 Å². The van der Waals surface area contributed by atoms with E-state index in [0.717, 1.165) is 16.8 Å². The summed E-state index contributed by atoms with van der Waals surface area (Å²) in [5.41, 5.74) is 3.04. The second kappa shape index (κ2) is 7.52. The van der Waals surface area contributed by atoms with Gasteiger partial charge in [0.1, 0.15) is 5.65 Å². The fourth-order valence-electron chi connectivity index (χ4n) is 3.06. The normalized spacial score (nSPS) is 11.5. The fourth-order valence-corrected chi connectivity index (χ4v) is 4.42. The van der Waals surface area contributed by atoms with Gasteiger partial charge in [0, 0.05) is 30.7 Å². The van der Waals surface area contributed by atoms with E-state index in [9.17, 15) is 13.2 Å². The molecule has 29 heavy (non-hydrogen) atoms. The summed E-state index contributed by atoms with van der Waals surface area (Å²) < 4.78 is 27.4. The number of hydrogen-bond acceptors (Lipinski definition) is 4. The SMILES string of the molecule is Cc1cccc(S(=O)(=O)c2ccc(C(=O)NCc3ccc4nccn4c3)cc2)c1. The zero-order valence-corrected chi connectivity index (χ0v) is 16.6. The minimum Gasteiger partial charge on any atom is -0.348 e. The van der Waals surface area contributed by atoms with Crippen molar-refractivity contribution in [2.75, 3.05) is 0 Å². The van der Waals surface area contributed by atoms with E-state index in [1.165, 1.54) is 24.3 Å². The number of hydrogen-bond donors (Lipinski definition) is 1. The third kappa shape index (κ3) is 3.90. The summed E-state index contributed by atoms with van der Waals surface area (Å²) in [6.07, 6.45) is 5.46. The van der Waals surface area contributed by atoms with Gasteiger partial charge in [0.2, 0.25) is 9.84 Å². The first-order valence-electron chi connectivity index (χ1n) is 9.05. The second-order valence-electron chi connectivity index (χ2n) is 6.76. The van der Waals surface area contributed by atoms with Gasteiger partial charge in [0.15, 0.2) is 0 Å². The summed E-state index contributed by atoms with van der Waals surface area (Å²) in [6, 6.07) is 16.5. The number of aromatic nitrogens is 2. The van der Waals surface area contributed by atoms with E-state index in [-0.39, 0.29) is 15.7 Å². The molecule has 0 unspecified atom stereocenters. The van der Waals surface area contributed by atoms with E-state index < -0.39 is 9.84 Å². The van der Waals surface area contributed by atoms with Gasteiger partial charge in [-0.25, -0.2) is 13.4 Å². The summed E-state index contributed by atoms with van der Waals surface area (Å²) in [4.78, 5) is 17.0. The Balaban J connectivity index is 1.47. The van der Waals surface area contributed by atoms with Gasteiger partial charge in [-0.05, 0) is 60.5 Å². The van der Waals surface area contributed by atoms with E-state index in [2.05, 4.69) is 10.3 Å². The summed E-state index contributed by atoms with van der Waals surface area (Å²) in [7, 11) is -3.61. The van der Waals surface area contributed by atoms with Crippen LogP contribution in [0.25, 0.3) is 5.65 Å². The molecule has 0 fully saturated rings. The molecule has 4 aromatic rings. The molecule has 7 heteroatoms. The minimum atomic E-state index is -3.61. The van der Waals surface area contributed by atoms with Crippen molar-refractivity contribution < 1.29 is 13.2 Å². The van der Waals surface area contributed by atoms with Gasteiger partial charge >= 0.3 is 0 Å². The predicted molar refractivity (Wildman–Crippen MR) is 109 cm³/mol. The molecule has 0 bridgehead atoms. The van der Waals surface area contributed by atoms with Crippen LogP contribution in [0.3, 0.4) is 0 Å². The smallest absolute Gasteiger partial charge is 0.251 e. The fraction of sp³-hybridized carbons (Fsp3) is 0.0909. The van der Waals surface area contributed by atoms with Crippen LogP contribution in [0, 0.1) is 6.92 Å². The molecule has 1 amide bonds. The van der Waals surface area contributed by atoms with Crippen molar-refractivity contribution in [1.29, 1.82) is 0 Å². The van der Waals surface area contributed by atoms with Crippen molar-refractivity contribution in [3.63, 3.8) is 0 Å². The van der Waals surface area contributed by atoms with E-state index >= 15 is 0 Å². The predicted octanol–water partition coefficient (Wildman–Crippen LogP) is 3.41. The van der Waals surface area contributed by atoms with Crippen molar-refractivity contribution in [1.82, 2.24) is 14.7 Å². The van der Waals surface area contributed by atoms with Gasteiger partial charge < -0.3 is 9.72 Å². The van der Waals surface area contributed by atoms with Crippen LogP contribution in [0.15, 0.2) is 89.0 Å². The first-order valence-corrected chi connectivity index (χ1v) is 10.5. The van der Waals surface area contributed by atoms with Gasteiger partial charge in [-0.3, -0.25) is 4.79 Å². The Morgan fingerprint density at radius 1 is 1.03 bits per heavy atom. The van der Waals surface area contributed by atoms with Crippen LogP contribution < -0.4 is 5.32 Å². The van der Waals surface area contributed by atoms with Crippen LogP contribution in [0.1, 0.15) is 21.5 Å². The number of carbonyl (C=O) groups excluding carboxylic acids is 1. The molecule has 0 aliphatic rings. The average Bonchev–Trinajstić information content (AvgIpc) is 3.20. The zero-order valence-electron chi connectivity index (χ0n) is 15.7. The number of carbonyl (C=O) groups is 1. The van der Waals surface area contributed by atoms with Gasteiger partial charge in [0.25, 0.3) is 5.91 Å². The molecule has 6 nitrogen and oxygen atoms in total. The molecule has 0 saturated carbocycles. The van der Waals surface area contributed by atoms with Crippen LogP contribution in [-0.2, 0) is 16.4 Å². The molecule has 2 heterocycles. The topological polar surface area (TPSA) is 80.5 Å². The lowest BCUT2D eigenvalue weighted by Crippen LogP contribution is -2.23. The Morgan fingerprint density at radius 2 is 1.83 bits per heavy atom. The van der Waals surface area contributed by atoms with Crippen LogP contribution in [-0.4, -0.2) is 23.7 Å². The monoisotopic (exact) mass is 405 g/mol. The van der Waals surface area contributed by atoms with Crippen LogP contribution >= 0.6 is 0 Å². The third-order valence-corrected chi connectivity index (χ3v) is 6.40. The Morgan fingerprint density at radius 3 is 2.59 bits per heavy atom. The molecule has 4 rings (SSSR count). The molecule has 0 aliphatic heterocycles. The molecular formula is C22H19N3O3S. The summed E-state index contributed by atoms with van der Waals surface area (Å²) in [5, 5.41) is 2.85. The molecule has 0 aliphatic carbocycles. The van der Waals surface area contributed by atoms with Crippen molar-refractivity contribution in [2.45, 2.75) is 23.3 Å². The highest BCUT2D eigenvalue weighted by atomic mass is 32.2. The van der Waals surface area contributed by atoms with Crippen molar-refractivity contribution in [2.24, 2.45) is 0 Å². The van der Waals surface area contributed by atoms with Gasteiger partial charge in [0.05, 0.1) is 9.79 Å². The van der Waals surface area contributed by atoms with Crippen molar-refractivity contribution in [3.8, 4) is 0 Å². The number of nitrogens with zero attached hydrogens (tertiary/aromatic N) is 2. The average molecular weight is 405 g/mol. The van der Waals surface area contributed by atoms with E-state index in [1.54, 1.807) is 24.4 Å². The number of rotatable bonds is 5. The summed E-state index contributed by atoms with van der Waals surface area (Å²) in [5.74, 6) is -0.268. The van der Waals surface area contributed by atoms with Crippen molar-refractivity contribution >= 4 is 21.4 Å². The highest BCUT2D eigenvalue weighted by molar-refractivity contribution is 7.91. The minimum absolute atomic E-state index is 0.158. The number of pyridine rings is 1. The van der Waals surface area contributed by atoms with Gasteiger partial charge in [-0.2, -0.15) is 0 Å². The lowest BCUT2D eigenvalue weighted by atomic mass is 10.2. The summed E-state index contributed by atoms with van der Waals surface area (Å²) in [6.45, 7) is 2.20. The number of sulfone groups is 1. The number of amides is 1. The maximum Gasteiger partial charge on any atom is 0.251 e. The molecule has 146 valence electrons. The first kappa shape index (κ1) is 18.9. The molecule has 0 saturated heterocycles. The van der Waals surface area contributed by atoms with Crippen LogP contribution in [0.5, 0.6) is 0 Å². The molecule has 2 aromatic heterocycles. The maximum atomic E-state index is 12.8. The molecule has 0 radical (unpaired) electrons. The molecule has 1 N–H and O–H groups in total. The zero-order chi connectivity index (χ0) is 20.4. The summed E-state index contributed by atoms with van der Waals surface area (Å²) >= 11 is 0. The lowest BCUT2D eigenvalue weighted by molar-refractivity contribution is 0.0951. The molecule has 0 spiro atoms. The molecule has 2 aromatic carbocycles. The van der Waals surface area contributed by atoms with Crippen molar-refractivity contribution in [3.05, 3.63) is 95.9 Å². The third-order valence-electron chi connectivity index (χ3n) is 4.63. The Hall–Kier alpha value is -3.45. The number of fused-ring (bicyclic) bond motifs is 1.